The van der Waals surface area contributed by atoms with Crippen molar-refractivity contribution in [3.05, 3.63) is 15.8 Å². The molecule has 0 saturated heterocycles. The molecule has 0 aliphatic heterocycles. The van der Waals surface area contributed by atoms with E-state index >= 15 is 0 Å². The van der Waals surface area contributed by atoms with Crippen LogP contribution in [0.3, 0.4) is 0 Å². The van der Waals surface area contributed by atoms with E-state index in [1.165, 1.54) is 11.3 Å². The number of sulfonamides is 1. The Morgan fingerprint density at radius 2 is 1.94 bits per heavy atom. The van der Waals surface area contributed by atoms with Gasteiger partial charge in [0, 0.05) is 18.0 Å². The van der Waals surface area contributed by atoms with Gasteiger partial charge in [0.25, 0.3) is 0 Å². The highest BCUT2D eigenvalue weighted by molar-refractivity contribution is 7.89. The maximum absolute atomic E-state index is 12.3. The second-order valence-corrected chi connectivity index (χ2v) is 8.25. The van der Waals surface area contributed by atoms with Crippen LogP contribution in [0, 0.1) is 12.3 Å². The smallest absolute Gasteiger partial charge is 0.242 e. The standard InChI is InChI=1S/C12H22N2O2S2/c1-9-7-17-10(6-13-5)11(9)18(15,16)14-8-12(2,3)4/h7,13-14H,6,8H2,1-5H3. The zero-order valence-corrected chi connectivity index (χ0v) is 13.3. The average Bonchev–Trinajstić information content (AvgIpc) is 2.57. The minimum Gasteiger partial charge on any atom is -0.315 e. The van der Waals surface area contributed by atoms with Crippen molar-refractivity contribution in [1.82, 2.24) is 10.0 Å². The first-order valence-electron chi connectivity index (χ1n) is 5.88. The molecular formula is C12H22N2O2S2. The van der Waals surface area contributed by atoms with Crippen LogP contribution in [0.1, 0.15) is 31.2 Å². The van der Waals surface area contributed by atoms with Gasteiger partial charge in [0.2, 0.25) is 10.0 Å². The lowest BCUT2D eigenvalue weighted by atomic mass is 9.98. The van der Waals surface area contributed by atoms with Crippen LogP contribution in [0.4, 0.5) is 0 Å². The van der Waals surface area contributed by atoms with Crippen molar-refractivity contribution >= 4 is 21.4 Å². The van der Waals surface area contributed by atoms with Gasteiger partial charge in [-0.2, -0.15) is 0 Å². The molecule has 4 nitrogen and oxygen atoms in total. The molecule has 104 valence electrons. The van der Waals surface area contributed by atoms with Crippen molar-refractivity contribution in [1.29, 1.82) is 0 Å². The number of hydrogen-bond acceptors (Lipinski definition) is 4. The first kappa shape index (κ1) is 15.6. The van der Waals surface area contributed by atoms with Gasteiger partial charge in [0.05, 0.1) is 0 Å². The zero-order chi connectivity index (χ0) is 14.0. The van der Waals surface area contributed by atoms with Crippen LogP contribution in [0.5, 0.6) is 0 Å². The molecule has 0 saturated carbocycles. The summed E-state index contributed by atoms with van der Waals surface area (Å²) in [7, 11) is -1.60. The fourth-order valence-corrected chi connectivity index (χ4v) is 4.62. The zero-order valence-electron chi connectivity index (χ0n) is 11.6. The monoisotopic (exact) mass is 290 g/mol. The lowest BCUT2D eigenvalue weighted by molar-refractivity contribution is 0.407. The molecule has 0 unspecified atom stereocenters. The van der Waals surface area contributed by atoms with Gasteiger partial charge in [0.15, 0.2) is 0 Å². The van der Waals surface area contributed by atoms with Crippen LogP contribution in [-0.4, -0.2) is 22.0 Å². The summed E-state index contributed by atoms with van der Waals surface area (Å²) >= 11 is 1.48. The van der Waals surface area contributed by atoms with E-state index in [4.69, 9.17) is 0 Å². The summed E-state index contributed by atoms with van der Waals surface area (Å²) in [5.41, 5.74) is 0.742. The molecule has 1 rings (SSSR count). The third kappa shape index (κ3) is 4.05. The Labute approximate surface area is 114 Å². The van der Waals surface area contributed by atoms with Gasteiger partial charge in [-0.15, -0.1) is 11.3 Å². The van der Waals surface area contributed by atoms with Crippen molar-refractivity contribution in [3.63, 3.8) is 0 Å². The summed E-state index contributed by atoms with van der Waals surface area (Å²) in [5, 5.41) is 4.89. The number of nitrogens with one attached hydrogen (secondary N) is 2. The molecule has 1 aromatic heterocycles. The molecule has 0 amide bonds. The van der Waals surface area contributed by atoms with Gasteiger partial charge in [0.1, 0.15) is 4.90 Å². The van der Waals surface area contributed by atoms with E-state index in [1.54, 1.807) is 0 Å². The van der Waals surface area contributed by atoms with Gasteiger partial charge in [-0.1, -0.05) is 20.8 Å². The lowest BCUT2D eigenvalue weighted by Gasteiger charge is -2.19. The number of hydrogen-bond donors (Lipinski definition) is 2. The van der Waals surface area contributed by atoms with Crippen LogP contribution < -0.4 is 10.0 Å². The quantitative estimate of drug-likeness (QED) is 0.873. The van der Waals surface area contributed by atoms with Gasteiger partial charge in [-0.3, -0.25) is 0 Å². The fraction of sp³-hybridized carbons (Fsp3) is 0.667. The Morgan fingerprint density at radius 1 is 1.33 bits per heavy atom. The highest BCUT2D eigenvalue weighted by Gasteiger charge is 2.24. The molecule has 0 aliphatic carbocycles. The van der Waals surface area contributed by atoms with E-state index in [1.807, 2.05) is 40.1 Å². The van der Waals surface area contributed by atoms with Crippen molar-refractivity contribution in [2.24, 2.45) is 5.41 Å². The number of rotatable bonds is 5. The molecule has 6 heteroatoms. The van der Waals surface area contributed by atoms with Crippen LogP contribution in [0.25, 0.3) is 0 Å². The van der Waals surface area contributed by atoms with Gasteiger partial charge in [-0.25, -0.2) is 13.1 Å². The molecule has 1 aromatic rings. The summed E-state index contributed by atoms with van der Waals surface area (Å²) in [5.74, 6) is 0. The van der Waals surface area contributed by atoms with Gasteiger partial charge >= 0.3 is 0 Å². The topological polar surface area (TPSA) is 58.2 Å². The second kappa shape index (κ2) is 5.69. The molecular weight excluding hydrogens is 268 g/mol. The van der Waals surface area contributed by atoms with Crippen LogP contribution in [0.2, 0.25) is 0 Å². The van der Waals surface area contributed by atoms with E-state index < -0.39 is 10.0 Å². The van der Waals surface area contributed by atoms with Crippen molar-refractivity contribution in [3.8, 4) is 0 Å². The SMILES string of the molecule is CNCc1scc(C)c1S(=O)(=O)NCC(C)(C)C. The molecule has 1 heterocycles. The maximum atomic E-state index is 12.3. The molecule has 0 aliphatic rings. The molecule has 0 radical (unpaired) electrons. The van der Waals surface area contributed by atoms with Crippen LogP contribution in [-0.2, 0) is 16.6 Å². The molecule has 0 spiro atoms. The summed E-state index contributed by atoms with van der Waals surface area (Å²) in [6.45, 7) is 8.86. The summed E-state index contributed by atoms with van der Waals surface area (Å²) in [4.78, 5) is 1.29. The van der Waals surface area contributed by atoms with Crippen LogP contribution >= 0.6 is 11.3 Å². The van der Waals surface area contributed by atoms with Gasteiger partial charge in [-0.05, 0) is 30.3 Å². The molecule has 0 atom stereocenters. The Balaban J connectivity index is 3.01. The molecule has 0 aromatic carbocycles. The normalized spacial score (nSPS) is 12.9. The first-order chi connectivity index (χ1) is 8.17. The largest absolute Gasteiger partial charge is 0.315 e. The molecule has 2 N–H and O–H groups in total. The average molecular weight is 290 g/mol. The van der Waals surface area contributed by atoms with E-state index in [0.29, 0.717) is 18.0 Å². The minimum absolute atomic E-state index is 0.0693. The first-order valence-corrected chi connectivity index (χ1v) is 8.25. The van der Waals surface area contributed by atoms with Crippen molar-refractivity contribution in [2.75, 3.05) is 13.6 Å². The molecule has 0 bridgehead atoms. The Hall–Kier alpha value is -0.430. The third-order valence-electron chi connectivity index (χ3n) is 2.39. The van der Waals surface area contributed by atoms with Crippen molar-refractivity contribution < 1.29 is 8.42 Å². The fourth-order valence-electron chi connectivity index (χ4n) is 1.51. The van der Waals surface area contributed by atoms with Gasteiger partial charge < -0.3 is 5.32 Å². The predicted molar refractivity (Wildman–Crippen MR) is 76.5 cm³/mol. The number of thiophene rings is 1. The predicted octanol–water partition coefficient (Wildman–Crippen LogP) is 2.10. The number of aryl methyl sites for hydroxylation is 1. The molecule has 0 fully saturated rings. The Kier molecular flexibility index (Phi) is 4.94. The Bertz CT molecular complexity index is 499. The highest BCUT2D eigenvalue weighted by atomic mass is 32.2. The van der Waals surface area contributed by atoms with E-state index in [-0.39, 0.29) is 5.41 Å². The third-order valence-corrected chi connectivity index (χ3v) is 5.25. The lowest BCUT2D eigenvalue weighted by Crippen LogP contribution is -2.33. The van der Waals surface area contributed by atoms with Crippen LogP contribution in [0.15, 0.2) is 10.3 Å². The minimum atomic E-state index is -3.41. The maximum Gasteiger partial charge on any atom is 0.242 e. The van der Waals surface area contributed by atoms with E-state index in [9.17, 15) is 8.42 Å². The molecule has 18 heavy (non-hydrogen) atoms. The summed E-state index contributed by atoms with van der Waals surface area (Å²) in [6, 6.07) is 0. The summed E-state index contributed by atoms with van der Waals surface area (Å²) < 4.78 is 27.3. The van der Waals surface area contributed by atoms with Crippen molar-refractivity contribution in [2.45, 2.75) is 39.1 Å². The Morgan fingerprint density at radius 3 is 2.44 bits per heavy atom. The van der Waals surface area contributed by atoms with E-state index in [2.05, 4.69) is 10.0 Å². The summed E-state index contributed by atoms with van der Waals surface area (Å²) in [6.07, 6.45) is 0. The second-order valence-electron chi connectivity index (χ2n) is 5.59. The van der Waals surface area contributed by atoms with E-state index in [0.717, 1.165) is 10.4 Å². The highest BCUT2D eigenvalue weighted by Crippen LogP contribution is 2.27.